The zero-order valence-electron chi connectivity index (χ0n) is 9.37. The molecule has 92 valence electrons. The van der Waals surface area contributed by atoms with Gasteiger partial charge in [0.15, 0.2) is 0 Å². The summed E-state index contributed by atoms with van der Waals surface area (Å²) in [5.41, 5.74) is 11.2. The van der Waals surface area contributed by atoms with E-state index in [1.54, 1.807) is 13.0 Å². The molecular formula is C11H14ClN3O2. The molecule has 6 heteroatoms. The predicted octanol–water partition coefficient (Wildman–Crippen LogP) is 0.972. The predicted molar refractivity (Wildman–Crippen MR) is 66.8 cm³/mol. The van der Waals surface area contributed by atoms with Crippen molar-refractivity contribution in [2.75, 3.05) is 11.9 Å². The number of benzene rings is 1. The number of carbonyl (C=O) groups is 2. The summed E-state index contributed by atoms with van der Waals surface area (Å²) < 4.78 is 0. The summed E-state index contributed by atoms with van der Waals surface area (Å²) in [6.45, 7) is 1.96. The Labute approximate surface area is 104 Å². The fraction of sp³-hybridized carbons (Fsp3) is 0.273. The van der Waals surface area contributed by atoms with Crippen LogP contribution in [0.5, 0.6) is 0 Å². The lowest BCUT2D eigenvalue weighted by atomic mass is 10.1. The third-order valence-electron chi connectivity index (χ3n) is 2.30. The molecule has 0 heterocycles. The molecule has 1 atom stereocenters. The van der Waals surface area contributed by atoms with E-state index in [4.69, 9.17) is 23.1 Å². The molecule has 0 aliphatic heterocycles. The van der Waals surface area contributed by atoms with E-state index in [-0.39, 0.29) is 29.0 Å². The van der Waals surface area contributed by atoms with Crippen molar-refractivity contribution in [3.63, 3.8) is 0 Å². The molecule has 0 spiro atoms. The van der Waals surface area contributed by atoms with Crippen LogP contribution in [0.3, 0.4) is 0 Å². The average Bonchev–Trinajstić information content (AvgIpc) is 2.30. The summed E-state index contributed by atoms with van der Waals surface area (Å²) in [4.78, 5) is 22.6. The first-order valence-electron chi connectivity index (χ1n) is 5.06. The van der Waals surface area contributed by atoms with Gasteiger partial charge in [-0.05, 0) is 18.2 Å². The molecule has 1 aromatic rings. The van der Waals surface area contributed by atoms with E-state index in [0.717, 1.165) is 0 Å². The Bertz CT molecular complexity index is 448. The summed E-state index contributed by atoms with van der Waals surface area (Å²) in [6, 6.07) is 4.53. The zero-order chi connectivity index (χ0) is 13.0. The molecule has 0 aliphatic carbocycles. The fourth-order valence-corrected chi connectivity index (χ4v) is 1.38. The van der Waals surface area contributed by atoms with Crippen LogP contribution in [0.15, 0.2) is 18.2 Å². The average molecular weight is 256 g/mol. The highest BCUT2D eigenvalue weighted by Gasteiger charge is 2.13. The van der Waals surface area contributed by atoms with Crippen molar-refractivity contribution >= 4 is 29.1 Å². The van der Waals surface area contributed by atoms with Crippen molar-refractivity contribution in [3.8, 4) is 0 Å². The van der Waals surface area contributed by atoms with Gasteiger partial charge in [-0.3, -0.25) is 9.59 Å². The van der Waals surface area contributed by atoms with Crippen LogP contribution in [-0.2, 0) is 4.79 Å². The van der Waals surface area contributed by atoms with Crippen LogP contribution in [-0.4, -0.2) is 18.4 Å². The number of carbonyl (C=O) groups excluding carboxylic acids is 2. The maximum Gasteiger partial charge on any atom is 0.250 e. The van der Waals surface area contributed by atoms with E-state index in [0.29, 0.717) is 5.69 Å². The maximum absolute atomic E-state index is 11.6. The van der Waals surface area contributed by atoms with Gasteiger partial charge in [-0.1, -0.05) is 18.5 Å². The summed E-state index contributed by atoms with van der Waals surface area (Å²) in [5.74, 6) is -1.16. The molecule has 5 nitrogen and oxygen atoms in total. The minimum absolute atomic E-state index is 0.171. The van der Waals surface area contributed by atoms with Crippen molar-refractivity contribution in [2.24, 2.45) is 17.4 Å². The number of hydrogen-bond donors (Lipinski definition) is 3. The maximum atomic E-state index is 11.6. The van der Waals surface area contributed by atoms with Crippen LogP contribution in [0.4, 0.5) is 5.69 Å². The third kappa shape index (κ3) is 3.44. The van der Waals surface area contributed by atoms with E-state index in [1.165, 1.54) is 12.1 Å². The molecule has 17 heavy (non-hydrogen) atoms. The highest BCUT2D eigenvalue weighted by molar-refractivity contribution is 6.33. The lowest BCUT2D eigenvalue weighted by Crippen LogP contribution is -2.26. The number of primary amides is 1. The second-order valence-electron chi connectivity index (χ2n) is 3.68. The van der Waals surface area contributed by atoms with Gasteiger partial charge in [-0.2, -0.15) is 0 Å². The van der Waals surface area contributed by atoms with Crippen molar-refractivity contribution in [1.29, 1.82) is 0 Å². The van der Waals surface area contributed by atoms with Crippen LogP contribution in [0, 0.1) is 5.92 Å². The number of amides is 2. The van der Waals surface area contributed by atoms with Gasteiger partial charge in [0.2, 0.25) is 11.8 Å². The van der Waals surface area contributed by atoms with Crippen LogP contribution < -0.4 is 16.8 Å². The minimum Gasteiger partial charge on any atom is -0.366 e. The van der Waals surface area contributed by atoms with Gasteiger partial charge in [0, 0.05) is 18.2 Å². The largest absolute Gasteiger partial charge is 0.366 e. The van der Waals surface area contributed by atoms with E-state index in [2.05, 4.69) is 5.32 Å². The molecule has 0 radical (unpaired) electrons. The van der Waals surface area contributed by atoms with E-state index >= 15 is 0 Å². The van der Waals surface area contributed by atoms with Gasteiger partial charge in [-0.25, -0.2) is 0 Å². The molecule has 5 N–H and O–H groups in total. The first kappa shape index (κ1) is 13.5. The Morgan fingerprint density at radius 1 is 1.47 bits per heavy atom. The first-order valence-corrected chi connectivity index (χ1v) is 5.43. The molecule has 0 fully saturated rings. The number of nitrogens with one attached hydrogen (secondary N) is 1. The molecule has 1 unspecified atom stereocenters. The number of rotatable bonds is 4. The second kappa shape index (κ2) is 5.65. The molecule has 0 saturated carbocycles. The Morgan fingerprint density at radius 2 is 2.12 bits per heavy atom. The van der Waals surface area contributed by atoms with Gasteiger partial charge in [0.05, 0.1) is 10.6 Å². The highest BCUT2D eigenvalue weighted by Crippen LogP contribution is 2.20. The second-order valence-corrected chi connectivity index (χ2v) is 4.09. The summed E-state index contributed by atoms with van der Waals surface area (Å²) in [5, 5.41) is 2.88. The van der Waals surface area contributed by atoms with Crippen LogP contribution in [0.2, 0.25) is 5.02 Å². The van der Waals surface area contributed by atoms with Crippen LogP contribution in [0.25, 0.3) is 0 Å². The lowest BCUT2D eigenvalue weighted by Gasteiger charge is -2.11. The fourth-order valence-electron chi connectivity index (χ4n) is 1.16. The lowest BCUT2D eigenvalue weighted by molar-refractivity contribution is -0.119. The molecule has 1 rings (SSSR count). The monoisotopic (exact) mass is 255 g/mol. The van der Waals surface area contributed by atoms with E-state index in [9.17, 15) is 9.59 Å². The van der Waals surface area contributed by atoms with Crippen LogP contribution >= 0.6 is 11.6 Å². The SMILES string of the molecule is CC(CN)C(=O)Nc1ccc(Cl)c(C(N)=O)c1. The van der Waals surface area contributed by atoms with Gasteiger partial charge in [0.25, 0.3) is 0 Å². The molecule has 0 saturated heterocycles. The molecule has 0 aromatic heterocycles. The first-order chi connectivity index (χ1) is 7.95. The minimum atomic E-state index is -0.641. The van der Waals surface area contributed by atoms with Gasteiger partial charge in [-0.15, -0.1) is 0 Å². The smallest absolute Gasteiger partial charge is 0.250 e. The topological polar surface area (TPSA) is 98.2 Å². The molecule has 0 aliphatic rings. The van der Waals surface area contributed by atoms with Crippen molar-refractivity contribution in [3.05, 3.63) is 28.8 Å². The van der Waals surface area contributed by atoms with Gasteiger partial charge >= 0.3 is 0 Å². The summed E-state index contributed by atoms with van der Waals surface area (Å²) in [6.07, 6.45) is 0. The highest BCUT2D eigenvalue weighted by atomic mass is 35.5. The summed E-state index contributed by atoms with van der Waals surface area (Å²) >= 11 is 5.78. The van der Waals surface area contributed by atoms with E-state index in [1.807, 2.05) is 0 Å². The number of hydrogen-bond acceptors (Lipinski definition) is 3. The molecule has 0 bridgehead atoms. The third-order valence-corrected chi connectivity index (χ3v) is 2.63. The number of nitrogens with two attached hydrogens (primary N) is 2. The Balaban J connectivity index is 2.90. The Morgan fingerprint density at radius 3 is 2.65 bits per heavy atom. The van der Waals surface area contributed by atoms with Crippen molar-refractivity contribution in [1.82, 2.24) is 0 Å². The molecular weight excluding hydrogens is 242 g/mol. The van der Waals surface area contributed by atoms with E-state index < -0.39 is 5.91 Å². The molecule has 2 amide bonds. The Kier molecular flexibility index (Phi) is 4.48. The molecule has 1 aromatic carbocycles. The Hall–Kier alpha value is -1.59. The van der Waals surface area contributed by atoms with Crippen molar-refractivity contribution in [2.45, 2.75) is 6.92 Å². The quantitative estimate of drug-likeness (QED) is 0.748. The standard InChI is InChI=1S/C11H14ClN3O2/c1-6(5-13)11(17)15-7-2-3-9(12)8(4-7)10(14)16/h2-4,6H,5,13H2,1H3,(H2,14,16)(H,15,17). The number of halogens is 1. The normalized spacial score (nSPS) is 11.9. The summed E-state index contributed by atoms with van der Waals surface area (Å²) in [7, 11) is 0. The van der Waals surface area contributed by atoms with Crippen molar-refractivity contribution < 1.29 is 9.59 Å². The van der Waals surface area contributed by atoms with Gasteiger partial charge in [0.1, 0.15) is 0 Å². The van der Waals surface area contributed by atoms with Crippen LogP contribution in [0.1, 0.15) is 17.3 Å². The zero-order valence-corrected chi connectivity index (χ0v) is 10.1. The van der Waals surface area contributed by atoms with Gasteiger partial charge < -0.3 is 16.8 Å². The number of anilines is 1.